The molecule has 3 aliphatic rings. The van der Waals surface area contributed by atoms with Gasteiger partial charge in [0.15, 0.2) is 0 Å². The zero-order valence-electron chi connectivity index (χ0n) is 18.4. The van der Waals surface area contributed by atoms with Gasteiger partial charge in [-0.15, -0.1) is 0 Å². The summed E-state index contributed by atoms with van der Waals surface area (Å²) in [5.41, 5.74) is 0.791. The number of hydrogen-bond donors (Lipinski definition) is 3. The molecule has 172 valence electrons. The average molecular weight is 458 g/mol. The van der Waals surface area contributed by atoms with Gasteiger partial charge in [0.2, 0.25) is 5.54 Å². The lowest BCUT2D eigenvalue weighted by atomic mass is 9.99. The fraction of sp³-hybridized carbons (Fsp3) is 0.280. The molecule has 2 aromatic rings. The normalized spacial score (nSPS) is 20.7. The van der Waals surface area contributed by atoms with Crippen LogP contribution in [0.15, 0.2) is 42.5 Å². The molecule has 2 heterocycles. The first-order valence-electron chi connectivity index (χ1n) is 10.9. The topological polar surface area (TPSA) is 117 Å². The highest BCUT2D eigenvalue weighted by Crippen LogP contribution is 2.28. The van der Waals surface area contributed by atoms with Crippen molar-refractivity contribution in [1.29, 1.82) is 0 Å². The minimum absolute atomic E-state index is 0.116. The van der Waals surface area contributed by atoms with Crippen LogP contribution in [-0.2, 0) is 11.3 Å². The maximum atomic E-state index is 13.0. The molecule has 1 aliphatic carbocycles. The van der Waals surface area contributed by atoms with Gasteiger partial charge in [-0.2, -0.15) is 0 Å². The minimum Gasteiger partial charge on any atom is -0.497 e. The van der Waals surface area contributed by atoms with Crippen LogP contribution in [0.4, 0.5) is 4.79 Å². The molecular formula is C25H22N4O5. The SMILES string of the molecule is COc1ccc2c(c1)C(=O)N(C[C@]1(C#Cc3ccc(C(=O)NC4CC4)cc3)NC(=O)NC1=O)C2. The molecule has 5 rings (SSSR count). The van der Waals surface area contributed by atoms with Gasteiger partial charge >= 0.3 is 6.03 Å². The van der Waals surface area contributed by atoms with Crippen molar-refractivity contribution in [2.75, 3.05) is 13.7 Å². The Hall–Kier alpha value is -4.32. The summed E-state index contributed by atoms with van der Waals surface area (Å²) in [6, 6.07) is 11.5. The van der Waals surface area contributed by atoms with Gasteiger partial charge < -0.3 is 20.3 Å². The van der Waals surface area contributed by atoms with E-state index in [1.54, 1.807) is 42.5 Å². The molecule has 3 N–H and O–H groups in total. The number of carbonyl (C=O) groups excluding carboxylic acids is 4. The van der Waals surface area contributed by atoms with E-state index >= 15 is 0 Å². The molecule has 2 fully saturated rings. The molecule has 2 aliphatic heterocycles. The van der Waals surface area contributed by atoms with Crippen LogP contribution < -0.4 is 20.7 Å². The van der Waals surface area contributed by atoms with Crippen molar-refractivity contribution in [2.45, 2.75) is 31.0 Å². The maximum absolute atomic E-state index is 13.0. The standard InChI is InChI=1S/C25H22N4O5/c1-34-19-9-6-17-13-29(22(31)20(17)12-19)14-25(23(32)27-24(33)28-25)11-10-15-2-4-16(5-3-15)21(30)26-18-7-8-18/h2-6,9,12,18H,7-8,13-14H2,1H3,(H,26,30)(H2,27,28,32,33)/t25-/m0/s1. The van der Waals surface area contributed by atoms with E-state index in [1.807, 2.05) is 0 Å². The summed E-state index contributed by atoms with van der Waals surface area (Å²) < 4.78 is 5.20. The predicted molar refractivity (Wildman–Crippen MR) is 121 cm³/mol. The van der Waals surface area contributed by atoms with Gasteiger partial charge in [-0.05, 0) is 54.8 Å². The average Bonchev–Trinajstić information content (AvgIpc) is 3.53. The Kier molecular flexibility index (Phi) is 5.21. The second kappa shape index (κ2) is 8.23. The summed E-state index contributed by atoms with van der Waals surface area (Å²) in [6.45, 7) is 0.171. The first-order valence-corrected chi connectivity index (χ1v) is 10.9. The number of nitrogens with zero attached hydrogens (tertiary/aromatic N) is 1. The third-order valence-electron chi connectivity index (χ3n) is 6.05. The van der Waals surface area contributed by atoms with E-state index in [4.69, 9.17) is 4.74 Å². The fourth-order valence-corrected chi connectivity index (χ4v) is 3.99. The highest BCUT2D eigenvalue weighted by molar-refractivity contribution is 6.10. The molecule has 1 atom stereocenters. The van der Waals surface area contributed by atoms with E-state index in [0.29, 0.717) is 22.4 Å². The molecule has 5 amide bonds. The number of ether oxygens (including phenoxy) is 1. The van der Waals surface area contributed by atoms with Gasteiger partial charge in [0.05, 0.1) is 13.7 Å². The van der Waals surface area contributed by atoms with E-state index < -0.39 is 17.5 Å². The molecule has 1 saturated heterocycles. The molecule has 0 unspecified atom stereocenters. The zero-order chi connectivity index (χ0) is 23.9. The van der Waals surface area contributed by atoms with Crippen LogP contribution in [0, 0.1) is 11.8 Å². The third kappa shape index (κ3) is 4.06. The lowest BCUT2D eigenvalue weighted by Gasteiger charge is -2.26. The van der Waals surface area contributed by atoms with Crippen molar-refractivity contribution in [2.24, 2.45) is 0 Å². The van der Waals surface area contributed by atoms with Crippen molar-refractivity contribution >= 4 is 23.8 Å². The van der Waals surface area contributed by atoms with E-state index in [9.17, 15) is 19.2 Å². The Morgan fingerprint density at radius 2 is 1.94 bits per heavy atom. The molecule has 0 radical (unpaired) electrons. The molecule has 2 aromatic carbocycles. The molecule has 0 spiro atoms. The summed E-state index contributed by atoms with van der Waals surface area (Å²) in [5, 5.41) is 7.73. The Morgan fingerprint density at radius 3 is 2.59 bits per heavy atom. The van der Waals surface area contributed by atoms with E-state index in [1.165, 1.54) is 12.0 Å². The van der Waals surface area contributed by atoms with E-state index in [0.717, 1.165) is 18.4 Å². The monoisotopic (exact) mass is 458 g/mol. The molecule has 34 heavy (non-hydrogen) atoms. The summed E-state index contributed by atoms with van der Waals surface area (Å²) >= 11 is 0. The summed E-state index contributed by atoms with van der Waals surface area (Å²) in [4.78, 5) is 51.3. The highest BCUT2D eigenvalue weighted by atomic mass is 16.5. The molecule has 9 nitrogen and oxygen atoms in total. The highest BCUT2D eigenvalue weighted by Gasteiger charge is 2.48. The lowest BCUT2D eigenvalue weighted by molar-refractivity contribution is -0.122. The second-order valence-corrected chi connectivity index (χ2v) is 8.57. The number of hydrogen-bond acceptors (Lipinski definition) is 5. The van der Waals surface area contributed by atoms with Crippen molar-refractivity contribution in [1.82, 2.24) is 20.9 Å². The number of nitrogens with one attached hydrogen (secondary N) is 3. The summed E-state index contributed by atoms with van der Waals surface area (Å²) in [5.74, 6) is 5.31. The first-order chi connectivity index (χ1) is 16.4. The number of fused-ring (bicyclic) bond motifs is 1. The number of amides is 5. The fourth-order valence-electron chi connectivity index (χ4n) is 3.99. The van der Waals surface area contributed by atoms with Crippen LogP contribution >= 0.6 is 0 Å². The molecule has 9 heteroatoms. The molecule has 0 aromatic heterocycles. The number of carbonyl (C=O) groups is 4. The van der Waals surface area contributed by atoms with Crippen molar-refractivity contribution in [3.63, 3.8) is 0 Å². The quantitative estimate of drug-likeness (QED) is 0.460. The van der Waals surface area contributed by atoms with Crippen LogP contribution in [0.2, 0.25) is 0 Å². The number of rotatable bonds is 5. The van der Waals surface area contributed by atoms with Crippen molar-refractivity contribution in [3.05, 3.63) is 64.7 Å². The summed E-state index contributed by atoms with van der Waals surface area (Å²) in [7, 11) is 1.52. The molecule has 0 bridgehead atoms. The van der Waals surface area contributed by atoms with Gasteiger partial charge in [-0.25, -0.2) is 4.79 Å². The van der Waals surface area contributed by atoms with Gasteiger partial charge in [-0.1, -0.05) is 17.9 Å². The first kappa shape index (κ1) is 21.5. The predicted octanol–water partition coefficient (Wildman–Crippen LogP) is 1.17. The Labute approximate surface area is 195 Å². The summed E-state index contributed by atoms with van der Waals surface area (Å²) in [6.07, 6.45) is 2.01. The molecular weight excluding hydrogens is 436 g/mol. The molecule has 1 saturated carbocycles. The smallest absolute Gasteiger partial charge is 0.323 e. The van der Waals surface area contributed by atoms with Gasteiger partial charge in [0.25, 0.3) is 17.7 Å². The maximum Gasteiger partial charge on any atom is 0.323 e. The van der Waals surface area contributed by atoms with Crippen molar-refractivity contribution < 1.29 is 23.9 Å². The number of methoxy groups -OCH3 is 1. The second-order valence-electron chi connectivity index (χ2n) is 8.57. The van der Waals surface area contributed by atoms with Crippen LogP contribution in [0.1, 0.15) is 44.7 Å². The van der Waals surface area contributed by atoms with Gasteiger partial charge in [-0.3, -0.25) is 19.7 Å². The lowest BCUT2D eigenvalue weighted by Crippen LogP contribution is -2.54. The van der Waals surface area contributed by atoms with Crippen LogP contribution in [0.3, 0.4) is 0 Å². The zero-order valence-corrected chi connectivity index (χ0v) is 18.4. The Morgan fingerprint density at radius 1 is 1.18 bits per heavy atom. The van der Waals surface area contributed by atoms with E-state index in [2.05, 4.69) is 27.8 Å². The van der Waals surface area contributed by atoms with Crippen LogP contribution in [0.25, 0.3) is 0 Å². The van der Waals surface area contributed by atoms with Crippen LogP contribution in [-0.4, -0.2) is 53.9 Å². The number of benzene rings is 2. The largest absolute Gasteiger partial charge is 0.497 e. The third-order valence-corrected chi connectivity index (χ3v) is 6.05. The van der Waals surface area contributed by atoms with Gasteiger partial charge in [0.1, 0.15) is 5.75 Å². The Balaban J connectivity index is 1.37. The van der Waals surface area contributed by atoms with Crippen molar-refractivity contribution in [3.8, 4) is 17.6 Å². The van der Waals surface area contributed by atoms with Crippen LogP contribution in [0.5, 0.6) is 5.75 Å². The van der Waals surface area contributed by atoms with E-state index in [-0.39, 0.29) is 30.9 Å². The Bertz CT molecular complexity index is 1270. The number of urea groups is 1. The van der Waals surface area contributed by atoms with Gasteiger partial charge in [0, 0.05) is 29.3 Å². The number of imide groups is 1. The minimum atomic E-state index is -1.60.